The number of hydrogen-bond donors (Lipinski definition) is 1. The third-order valence-electron chi connectivity index (χ3n) is 3.41. The van der Waals surface area contributed by atoms with Crippen LogP contribution in [0.15, 0.2) is 12.1 Å². The molecule has 1 nitrogen and oxygen atoms in total. The van der Waals surface area contributed by atoms with Gasteiger partial charge in [-0.2, -0.15) is 0 Å². The fourth-order valence-corrected chi connectivity index (χ4v) is 2.31. The summed E-state index contributed by atoms with van der Waals surface area (Å²) < 4.78 is 0. The van der Waals surface area contributed by atoms with Gasteiger partial charge in [-0.05, 0) is 48.9 Å². The van der Waals surface area contributed by atoms with Gasteiger partial charge in [-0.15, -0.1) is 0 Å². The first-order chi connectivity index (χ1) is 6.72. The Kier molecular flexibility index (Phi) is 2.60. The van der Waals surface area contributed by atoms with Crippen molar-refractivity contribution in [2.75, 3.05) is 0 Å². The number of aryl methyl sites for hydroxylation is 2. The highest BCUT2D eigenvalue weighted by Gasteiger charge is 2.18. The monoisotopic (exact) mass is 189 g/mol. The number of nitrogens with one attached hydrogen (secondary N) is 1. The van der Waals surface area contributed by atoms with Crippen LogP contribution in [-0.2, 0) is 13.0 Å². The van der Waals surface area contributed by atoms with Crippen molar-refractivity contribution in [1.29, 1.82) is 0 Å². The van der Waals surface area contributed by atoms with Crippen LogP contribution in [0.4, 0.5) is 0 Å². The summed E-state index contributed by atoms with van der Waals surface area (Å²) in [5, 5.41) is 3.59. The maximum atomic E-state index is 3.59. The van der Waals surface area contributed by atoms with Crippen molar-refractivity contribution < 1.29 is 0 Å². The van der Waals surface area contributed by atoms with Crippen LogP contribution in [0.5, 0.6) is 0 Å². The molecule has 0 fully saturated rings. The largest absolute Gasteiger partial charge is 0.310 e. The fourth-order valence-electron chi connectivity index (χ4n) is 2.31. The lowest BCUT2D eigenvalue weighted by atomic mass is 9.88. The molecule has 0 aromatic heterocycles. The van der Waals surface area contributed by atoms with E-state index in [1.807, 2.05) is 0 Å². The zero-order valence-electron chi connectivity index (χ0n) is 9.35. The van der Waals surface area contributed by atoms with Gasteiger partial charge >= 0.3 is 0 Å². The van der Waals surface area contributed by atoms with E-state index in [0.29, 0.717) is 6.04 Å². The molecule has 1 aromatic carbocycles. The van der Waals surface area contributed by atoms with E-state index in [1.54, 1.807) is 5.56 Å². The van der Waals surface area contributed by atoms with Crippen LogP contribution in [0.3, 0.4) is 0 Å². The SMILES string of the molecule is CCC1Cc2c(C)ccc(C)c2CN1. The number of rotatable bonds is 1. The van der Waals surface area contributed by atoms with E-state index in [9.17, 15) is 0 Å². The molecule has 1 aliphatic rings. The molecule has 0 saturated carbocycles. The molecule has 1 aromatic rings. The van der Waals surface area contributed by atoms with Crippen molar-refractivity contribution in [3.63, 3.8) is 0 Å². The maximum absolute atomic E-state index is 3.59. The molecule has 1 aliphatic heterocycles. The lowest BCUT2D eigenvalue weighted by Gasteiger charge is -2.28. The minimum absolute atomic E-state index is 0.683. The van der Waals surface area contributed by atoms with Crippen molar-refractivity contribution in [3.05, 3.63) is 34.4 Å². The summed E-state index contributed by atoms with van der Waals surface area (Å²) in [5.41, 5.74) is 6.03. The van der Waals surface area contributed by atoms with Crippen molar-refractivity contribution in [1.82, 2.24) is 5.32 Å². The Balaban J connectivity index is 2.40. The van der Waals surface area contributed by atoms with Gasteiger partial charge in [0.05, 0.1) is 0 Å². The molecule has 0 spiro atoms. The molecular formula is C13H19N. The number of hydrogen-bond acceptors (Lipinski definition) is 1. The predicted molar refractivity (Wildman–Crippen MR) is 60.5 cm³/mol. The maximum Gasteiger partial charge on any atom is 0.0213 e. The lowest BCUT2D eigenvalue weighted by Crippen LogP contribution is -2.35. The second-order valence-corrected chi connectivity index (χ2v) is 4.35. The molecule has 0 bridgehead atoms. The van der Waals surface area contributed by atoms with Crippen LogP contribution in [0.25, 0.3) is 0 Å². The van der Waals surface area contributed by atoms with Crippen molar-refractivity contribution in [3.8, 4) is 0 Å². The summed E-state index contributed by atoms with van der Waals surface area (Å²) >= 11 is 0. The molecule has 1 heterocycles. The molecule has 0 aliphatic carbocycles. The smallest absolute Gasteiger partial charge is 0.0213 e. The Hall–Kier alpha value is -0.820. The summed E-state index contributed by atoms with van der Waals surface area (Å²) in [4.78, 5) is 0. The van der Waals surface area contributed by atoms with Crippen LogP contribution >= 0.6 is 0 Å². The molecule has 1 unspecified atom stereocenters. The van der Waals surface area contributed by atoms with Crippen LogP contribution in [0, 0.1) is 13.8 Å². The molecule has 1 N–H and O–H groups in total. The standard InChI is InChI=1S/C13H19N/c1-4-11-7-12-9(2)5-6-10(3)13(12)8-14-11/h5-6,11,14H,4,7-8H2,1-3H3. The molecule has 1 heteroatoms. The molecule has 14 heavy (non-hydrogen) atoms. The minimum atomic E-state index is 0.683. The first-order valence-electron chi connectivity index (χ1n) is 5.53. The summed E-state index contributed by atoms with van der Waals surface area (Å²) in [6.07, 6.45) is 2.44. The normalized spacial score (nSPS) is 20.6. The third-order valence-corrected chi connectivity index (χ3v) is 3.41. The van der Waals surface area contributed by atoms with Crippen molar-refractivity contribution in [2.24, 2.45) is 0 Å². The molecule has 0 amide bonds. The van der Waals surface area contributed by atoms with Gasteiger partial charge in [0, 0.05) is 12.6 Å². The highest BCUT2D eigenvalue weighted by atomic mass is 14.9. The van der Waals surface area contributed by atoms with Gasteiger partial charge in [0.15, 0.2) is 0 Å². The van der Waals surface area contributed by atoms with E-state index in [-0.39, 0.29) is 0 Å². The van der Waals surface area contributed by atoms with Crippen LogP contribution in [0.2, 0.25) is 0 Å². The van der Waals surface area contributed by atoms with E-state index in [1.165, 1.54) is 29.5 Å². The van der Waals surface area contributed by atoms with Gasteiger partial charge in [-0.25, -0.2) is 0 Å². The summed E-state index contributed by atoms with van der Waals surface area (Å²) in [7, 11) is 0. The van der Waals surface area contributed by atoms with E-state index in [2.05, 4.69) is 38.2 Å². The minimum Gasteiger partial charge on any atom is -0.310 e. The van der Waals surface area contributed by atoms with Crippen molar-refractivity contribution >= 4 is 0 Å². The van der Waals surface area contributed by atoms with Gasteiger partial charge in [-0.1, -0.05) is 19.1 Å². The second kappa shape index (κ2) is 3.74. The zero-order valence-corrected chi connectivity index (χ0v) is 9.35. The van der Waals surface area contributed by atoms with E-state index in [4.69, 9.17) is 0 Å². The molecule has 76 valence electrons. The Morgan fingerprint density at radius 2 is 1.86 bits per heavy atom. The first-order valence-corrected chi connectivity index (χ1v) is 5.53. The molecule has 1 atom stereocenters. The van der Waals surface area contributed by atoms with Gasteiger partial charge in [0.2, 0.25) is 0 Å². The van der Waals surface area contributed by atoms with Gasteiger partial charge in [0.1, 0.15) is 0 Å². The second-order valence-electron chi connectivity index (χ2n) is 4.35. The van der Waals surface area contributed by atoms with Crippen LogP contribution in [-0.4, -0.2) is 6.04 Å². The Labute approximate surface area is 86.5 Å². The molecule has 2 rings (SSSR count). The third kappa shape index (κ3) is 1.57. The van der Waals surface area contributed by atoms with Gasteiger partial charge in [0.25, 0.3) is 0 Å². The summed E-state index contributed by atoms with van der Waals surface area (Å²) in [6.45, 7) is 7.76. The topological polar surface area (TPSA) is 12.0 Å². The van der Waals surface area contributed by atoms with E-state index < -0.39 is 0 Å². The molecule has 0 radical (unpaired) electrons. The number of fused-ring (bicyclic) bond motifs is 1. The molecule has 0 saturated heterocycles. The highest BCUT2D eigenvalue weighted by Crippen LogP contribution is 2.24. The lowest BCUT2D eigenvalue weighted by molar-refractivity contribution is 0.465. The van der Waals surface area contributed by atoms with Crippen molar-refractivity contribution in [2.45, 2.75) is 46.2 Å². The Morgan fingerprint density at radius 3 is 2.50 bits per heavy atom. The summed E-state index contributed by atoms with van der Waals surface area (Å²) in [6, 6.07) is 5.18. The number of benzene rings is 1. The Bertz CT molecular complexity index is 341. The Morgan fingerprint density at radius 1 is 1.21 bits per heavy atom. The van der Waals surface area contributed by atoms with Crippen LogP contribution < -0.4 is 5.32 Å². The van der Waals surface area contributed by atoms with E-state index >= 15 is 0 Å². The van der Waals surface area contributed by atoms with Gasteiger partial charge < -0.3 is 5.32 Å². The average Bonchev–Trinajstić information content (AvgIpc) is 2.23. The molecular weight excluding hydrogens is 170 g/mol. The highest BCUT2D eigenvalue weighted by molar-refractivity contribution is 5.41. The average molecular weight is 189 g/mol. The zero-order chi connectivity index (χ0) is 10.1. The fraction of sp³-hybridized carbons (Fsp3) is 0.538. The first kappa shape index (κ1) is 9.72. The van der Waals surface area contributed by atoms with Gasteiger partial charge in [-0.3, -0.25) is 0 Å². The summed E-state index contributed by atoms with van der Waals surface area (Å²) in [5.74, 6) is 0. The quantitative estimate of drug-likeness (QED) is 0.716. The van der Waals surface area contributed by atoms with Crippen LogP contribution in [0.1, 0.15) is 35.6 Å². The predicted octanol–water partition coefficient (Wildman–Crippen LogP) is 2.73. The van der Waals surface area contributed by atoms with E-state index in [0.717, 1.165) is 6.54 Å².